The molecule has 3 heteroatoms. The molecule has 0 radical (unpaired) electrons. The van der Waals surface area contributed by atoms with Crippen molar-refractivity contribution in [2.24, 2.45) is 0 Å². The van der Waals surface area contributed by atoms with Crippen LogP contribution in [0.15, 0.2) is 97.3 Å². The smallest absolute Gasteiger partial charge is 0.127 e. The summed E-state index contributed by atoms with van der Waals surface area (Å²) in [6.07, 6.45) is 3.98. The molecule has 4 aromatic carbocycles. The Bertz CT molecular complexity index is 1570. The van der Waals surface area contributed by atoms with Gasteiger partial charge in [-0.3, -0.25) is 4.98 Å². The molecule has 0 fully saturated rings. The summed E-state index contributed by atoms with van der Waals surface area (Å²) in [7, 11) is 1.73. The SMILES string of the molecule is COc1cc(-c2c[nH]c3ccccc23)c(-c2nccc3ccccc23)c2ccccc12. The predicted octanol–water partition coefficient (Wildman–Crippen LogP) is 7.21. The molecule has 1 N–H and O–H groups in total. The van der Waals surface area contributed by atoms with Crippen LogP contribution in [0.1, 0.15) is 0 Å². The van der Waals surface area contributed by atoms with E-state index >= 15 is 0 Å². The second kappa shape index (κ2) is 6.99. The van der Waals surface area contributed by atoms with Crippen LogP contribution < -0.4 is 4.74 Å². The van der Waals surface area contributed by atoms with Gasteiger partial charge in [0.15, 0.2) is 0 Å². The number of methoxy groups -OCH3 is 1. The van der Waals surface area contributed by atoms with E-state index in [9.17, 15) is 0 Å². The molecular formula is C28H20N2O. The topological polar surface area (TPSA) is 37.9 Å². The van der Waals surface area contributed by atoms with E-state index in [0.29, 0.717) is 0 Å². The first-order valence-corrected chi connectivity index (χ1v) is 10.4. The van der Waals surface area contributed by atoms with Crippen molar-refractivity contribution in [1.29, 1.82) is 0 Å². The van der Waals surface area contributed by atoms with Crippen molar-refractivity contribution in [2.75, 3.05) is 7.11 Å². The fourth-order valence-corrected chi connectivity index (χ4v) is 4.59. The van der Waals surface area contributed by atoms with E-state index in [1.165, 1.54) is 10.8 Å². The molecule has 0 bridgehead atoms. The van der Waals surface area contributed by atoms with E-state index < -0.39 is 0 Å². The fourth-order valence-electron chi connectivity index (χ4n) is 4.59. The Balaban J connectivity index is 1.81. The summed E-state index contributed by atoms with van der Waals surface area (Å²) in [5, 5.41) is 5.71. The maximum absolute atomic E-state index is 5.83. The first kappa shape index (κ1) is 17.7. The lowest BCUT2D eigenvalue weighted by Gasteiger charge is -2.17. The number of ether oxygens (including phenoxy) is 1. The van der Waals surface area contributed by atoms with Gasteiger partial charge in [-0.25, -0.2) is 0 Å². The zero-order valence-electron chi connectivity index (χ0n) is 17.1. The molecule has 0 aliphatic carbocycles. The lowest BCUT2D eigenvalue weighted by Crippen LogP contribution is -1.94. The van der Waals surface area contributed by atoms with Gasteiger partial charge >= 0.3 is 0 Å². The Morgan fingerprint density at radius 2 is 1.42 bits per heavy atom. The molecule has 6 rings (SSSR count). The number of nitrogens with one attached hydrogen (secondary N) is 1. The first-order chi connectivity index (χ1) is 15.3. The van der Waals surface area contributed by atoms with Crippen molar-refractivity contribution in [3.63, 3.8) is 0 Å². The number of pyridine rings is 1. The number of hydrogen-bond acceptors (Lipinski definition) is 2. The number of aromatic amines is 1. The monoisotopic (exact) mass is 400 g/mol. The van der Waals surface area contributed by atoms with Crippen LogP contribution in [0.4, 0.5) is 0 Å². The molecule has 3 nitrogen and oxygen atoms in total. The van der Waals surface area contributed by atoms with E-state index in [2.05, 4.69) is 96.1 Å². The molecular weight excluding hydrogens is 380 g/mol. The minimum Gasteiger partial charge on any atom is -0.496 e. The van der Waals surface area contributed by atoms with Gasteiger partial charge < -0.3 is 9.72 Å². The third kappa shape index (κ3) is 2.71. The number of H-pyrrole nitrogens is 1. The highest BCUT2D eigenvalue weighted by Gasteiger charge is 2.20. The van der Waals surface area contributed by atoms with Gasteiger partial charge in [0.1, 0.15) is 5.75 Å². The Labute approximate surface area is 179 Å². The molecule has 0 spiro atoms. The Hall–Kier alpha value is -4.11. The van der Waals surface area contributed by atoms with Gasteiger partial charge in [0.2, 0.25) is 0 Å². The zero-order valence-corrected chi connectivity index (χ0v) is 17.1. The van der Waals surface area contributed by atoms with Crippen LogP contribution in [0.5, 0.6) is 5.75 Å². The average Bonchev–Trinajstić information content (AvgIpc) is 3.27. The molecule has 2 aromatic heterocycles. The Kier molecular flexibility index (Phi) is 4.00. The number of fused-ring (bicyclic) bond motifs is 3. The Morgan fingerprint density at radius 3 is 2.26 bits per heavy atom. The van der Waals surface area contributed by atoms with Gasteiger partial charge in [-0.2, -0.15) is 0 Å². The summed E-state index contributed by atoms with van der Waals surface area (Å²) in [5.41, 5.74) is 5.47. The summed E-state index contributed by atoms with van der Waals surface area (Å²) in [5.74, 6) is 0.861. The molecule has 0 aliphatic rings. The summed E-state index contributed by atoms with van der Waals surface area (Å²) in [6.45, 7) is 0. The molecule has 0 aliphatic heterocycles. The number of para-hydroxylation sites is 1. The highest BCUT2D eigenvalue weighted by molar-refractivity contribution is 6.13. The van der Waals surface area contributed by atoms with E-state index in [1.54, 1.807) is 7.11 Å². The van der Waals surface area contributed by atoms with E-state index in [0.717, 1.165) is 49.8 Å². The zero-order chi connectivity index (χ0) is 20.8. The van der Waals surface area contributed by atoms with Crippen molar-refractivity contribution in [2.45, 2.75) is 0 Å². The summed E-state index contributed by atoms with van der Waals surface area (Å²) < 4.78 is 5.83. The quantitative estimate of drug-likeness (QED) is 0.341. The first-order valence-electron chi connectivity index (χ1n) is 10.4. The summed E-state index contributed by atoms with van der Waals surface area (Å²) >= 11 is 0. The van der Waals surface area contributed by atoms with Crippen LogP contribution in [-0.2, 0) is 0 Å². The summed E-state index contributed by atoms with van der Waals surface area (Å²) in [6, 6.07) is 29.4. The lowest BCUT2D eigenvalue weighted by molar-refractivity contribution is 0.420. The van der Waals surface area contributed by atoms with Gasteiger partial charge in [0.05, 0.1) is 12.8 Å². The van der Waals surface area contributed by atoms with Crippen molar-refractivity contribution in [3.8, 4) is 28.1 Å². The molecule has 0 saturated heterocycles. The molecule has 0 atom stereocenters. The van der Waals surface area contributed by atoms with Crippen LogP contribution in [0.3, 0.4) is 0 Å². The highest BCUT2D eigenvalue weighted by atomic mass is 16.5. The Morgan fingerprint density at radius 1 is 0.710 bits per heavy atom. The van der Waals surface area contributed by atoms with Crippen LogP contribution >= 0.6 is 0 Å². The van der Waals surface area contributed by atoms with Gasteiger partial charge in [-0.05, 0) is 34.5 Å². The minimum atomic E-state index is 0.861. The third-order valence-electron chi connectivity index (χ3n) is 6.02. The molecule has 0 amide bonds. The molecule has 0 unspecified atom stereocenters. The van der Waals surface area contributed by atoms with Gasteiger partial charge in [0, 0.05) is 45.2 Å². The standard InChI is InChI=1S/C28H20N2O/c1-31-26-16-23(24-17-30-25-13-7-6-10-20(24)25)27(22-12-5-4-11-21(22)26)28-19-9-3-2-8-18(19)14-15-29-28/h2-17,30H,1H3. The minimum absolute atomic E-state index is 0.861. The van der Waals surface area contributed by atoms with Crippen LogP contribution in [-0.4, -0.2) is 17.1 Å². The molecule has 0 saturated carbocycles. The van der Waals surface area contributed by atoms with Gasteiger partial charge in [-0.1, -0.05) is 66.7 Å². The van der Waals surface area contributed by atoms with Crippen molar-refractivity contribution >= 4 is 32.4 Å². The number of hydrogen-bond donors (Lipinski definition) is 1. The predicted molar refractivity (Wildman–Crippen MR) is 129 cm³/mol. The second-order valence-electron chi connectivity index (χ2n) is 7.68. The number of nitrogens with zero attached hydrogens (tertiary/aromatic N) is 1. The number of rotatable bonds is 3. The second-order valence-corrected chi connectivity index (χ2v) is 7.68. The van der Waals surface area contributed by atoms with E-state index in [4.69, 9.17) is 9.72 Å². The van der Waals surface area contributed by atoms with E-state index in [1.807, 2.05) is 6.20 Å². The summed E-state index contributed by atoms with van der Waals surface area (Å²) in [4.78, 5) is 8.31. The van der Waals surface area contributed by atoms with Crippen LogP contribution in [0.2, 0.25) is 0 Å². The van der Waals surface area contributed by atoms with Crippen molar-refractivity contribution in [1.82, 2.24) is 9.97 Å². The maximum atomic E-state index is 5.83. The lowest BCUT2D eigenvalue weighted by atomic mass is 9.89. The van der Waals surface area contributed by atoms with Gasteiger partial charge in [-0.15, -0.1) is 0 Å². The highest BCUT2D eigenvalue weighted by Crippen LogP contribution is 2.45. The molecule has 31 heavy (non-hydrogen) atoms. The van der Waals surface area contributed by atoms with E-state index in [-0.39, 0.29) is 0 Å². The van der Waals surface area contributed by atoms with Crippen LogP contribution in [0.25, 0.3) is 54.8 Å². The van der Waals surface area contributed by atoms with Crippen molar-refractivity contribution < 1.29 is 4.74 Å². The molecule has 2 heterocycles. The fraction of sp³-hybridized carbons (Fsp3) is 0.0357. The number of benzene rings is 4. The average molecular weight is 400 g/mol. The van der Waals surface area contributed by atoms with Gasteiger partial charge in [0.25, 0.3) is 0 Å². The normalized spacial score (nSPS) is 11.4. The third-order valence-corrected chi connectivity index (χ3v) is 6.02. The largest absolute Gasteiger partial charge is 0.496 e. The molecule has 148 valence electrons. The maximum Gasteiger partial charge on any atom is 0.127 e. The molecule has 6 aromatic rings. The van der Waals surface area contributed by atoms with Crippen molar-refractivity contribution in [3.05, 3.63) is 97.3 Å². The number of aromatic nitrogens is 2. The van der Waals surface area contributed by atoms with Crippen LogP contribution in [0, 0.1) is 0 Å².